The number of nitrogens with zero attached hydrogens (tertiary/aromatic N) is 4. The van der Waals surface area contributed by atoms with Gasteiger partial charge in [-0.25, -0.2) is 15.0 Å². The van der Waals surface area contributed by atoms with Crippen molar-refractivity contribution < 1.29 is 0 Å². The average molecular weight is 286 g/mol. The first-order valence-corrected chi connectivity index (χ1v) is 7.45. The Balaban J connectivity index is 2.08. The van der Waals surface area contributed by atoms with Crippen molar-refractivity contribution in [1.82, 2.24) is 19.5 Å². The van der Waals surface area contributed by atoms with Crippen LogP contribution >= 0.6 is 0 Å². The van der Waals surface area contributed by atoms with Crippen LogP contribution in [0.3, 0.4) is 0 Å². The van der Waals surface area contributed by atoms with Crippen LogP contribution < -0.4 is 5.56 Å². The van der Waals surface area contributed by atoms with E-state index in [1.165, 1.54) is 6.42 Å². The molecule has 0 spiro atoms. The van der Waals surface area contributed by atoms with Crippen LogP contribution in [0.5, 0.6) is 0 Å². The maximum Gasteiger partial charge on any atom is 0.281 e. The monoisotopic (exact) mass is 286 g/mol. The summed E-state index contributed by atoms with van der Waals surface area (Å²) in [5, 5.41) is 0. The second kappa shape index (κ2) is 4.61. The molecule has 21 heavy (non-hydrogen) atoms. The van der Waals surface area contributed by atoms with Gasteiger partial charge in [0.2, 0.25) is 0 Å². The summed E-state index contributed by atoms with van der Waals surface area (Å²) in [4.78, 5) is 25.2. The molecular formula is C16H22N4O. The highest BCUT2D eigenvalue weighted by molar-refractivity contribution is 5.66. The lowest BCUT2D eigenvalue weighted by Gasteiger charge is -2.45. The van der Waals surface area contributed by atoms with Gasteiger partial charge in [0, 0.05) is 18.4 Å². The summed E-state index contributed by atoms with van der Waals surface area (Å²) in [5.74, 6) is 0. The van der Waals surface area contributed by atoms with E-state index in [-0.39, 0.29) is 22.4 Å². The van der Waals surface area contributed by atoms with Crippen LogP contribution in [0.2, 0.25) is 0 Å². The standard InChI is InChI=1S/C16H22N4O/c1-15(2)7-11(8-16(3,4)9-15)20-10-19-13-12(14(20)21)17-5-6-18-13/h5-6,10-11H,7-9H2,1-4H3. The summed E-state index contributed by atoms with van der Waals surface area (Å²) in [5.41, 5.74) is 1.16. The summed E-state index contributed by atoms with van der Waals surface area (Å²) in [7, 11) is 0. The zero-order valence-corrected chi connectivity index (χ0v) is 13.1. The molecule has 2 heterocycles. The van der Waals surface area contributed by atoms with Gasteiger partial charge in [-0.05, 0) is 30.1 Å². The molecule has 1 aliphatic carbocycles. The van der Waals surface area contributed by atoms with Crippen molar-refractivity contribution in [2.24, 2.45) is 10.8 Å². The van der Waals surface area contributed by atoms with Crippen LogP contribution in [0.1, 0.15) is 53.0 Å². The van der Waals surface area contributed by atoms with Crippen LogP contribution in [0, 0.1) is 10.8 Å². The van der Waals surface area contributed by atoms with Crippen molar-refractivity contribution in [2.75, 3.05) is 0 Å². The van der Waals surface area contributed by atoms with Gasteiger partial charge < -0.3 is 0 Å². The fourth-order valence-corrected chi connectivity index (χ4v) is 4.11. The predicted molar refractivity (Wildman–Crippen MR) is 82.0 cm³/mol. The molecular weight excluding hydrogens is 264 g/mol. The Morgan fingerprint density at radius 2 is 1.67 bits per heavy atom. The molecule has 1 saturated carbocycles. The number of hydrogen-bond donors (Lipinski definition) is 0. The van der Waals surface area contributed by atoms with Gasteiger partial charge >= 0.3 is 0 Å². The lowest BCUT2D eigenvalue weighted by molar-refractivity contribution is 0.0707. The van der Waals surface area contributed by atoms with Crippen LogP contribution in [0.4, 0.5) is 0 Å². The molecule has 0 bridgehead atoms. The molecule has 2 aromatic heterocycles. The van der Waals surface area contributed by atoms with Gasteiger partial charge in [-0.2, -0.15) is 0 Å². The molecule has 3 rings (SSSR count). The first-order valence-electron chi connectivity index (χ1n) is 7.45. The van der Waals surface area contributed by atoms with Gasteiger partial charge in [0.05, 0.1) is 0 Å². The fourth-order valence-electron chi connectivity index (χ4n) is 4.11. The number of fused-ring (bicyclic) bond motifs is 1. The number of rotatable bonds is 1. The molecule has 1 aliphatic rings. The molecule has 1 fully saturated rings. The van der Waals surface area contributed by atoms with E-state index in [4.69, 9.17) is 0 Å². The highest BCUT2D eigenvalue weighted by Gasteiger charge is 2.39. The molecule has 112 valence electrons. The van der Waals surface area contributed by atoms with Crippen molar-refractivity contribution in [3.05, 3.63) is 29.1 Å². The Morgan fingerprint density at radius 1 is 1.05 bits per heavy atom. The molecule has 2 aromatic rings. The predicted octanol–water partition coefficient (Wildman–Crippen LogP) is 2.96. The van der Waals surface area contributed by atoms with Gasteiger partial charge in [-0.15, -0.1) is 0 Å². The van der Waals surface area contributed by atoms with E-state index < -0.39 is 0 Å². The van der Waals surface area contributed by atoms with E-state index in [1.807, 2.05) is 0 Å². The molecule has 0 aromatic carbocycles. The molecule has 0 amide bonds. The topological polar surface area (TPSA) is 60.7 Å². The van der Waals surface area contributed by atoms with Gasteiger partial charge in [0.25, 0.3) is 5.56 Å². The van der Waals surface area contributed by atoms with Crippen LogP contribution in [0.15, 0.2) is 23.5 Å². The largest absolute Gasteiger partial charge is 0.294 e. The molecule has 0 saturated heterocycles. The SMILES string of the molecule is CC1(C)CC(n2cnc3nccnc3c2=O)CC(C)(C)C1. The normalized spacial score (nSPS) is 21.5. The third-order valence-corrected chi connectivity index (χ3v) is 4.35. The Kier molecular flexibility index (Phi) is 3.11. The number of hydrogen-bond acceptors (Lipinski definition) is 4. The number of aromatic nitrogens is 4. The zero-order chi connectivity index (χ0) is 15.3. The Hall–Kier alpha value is -1.78. The second-order valence-electron chi connectivity index (χ2n) is 7.75. The first kappa shape index (κ1) is 14.2. The Bertz CT molecular complexity index is 716. The lowest BCUT2D eigenvalue weighted by Crippen LogP contribution is -2.38. The summed E-state index contributed by atoms with van der Waals surface area (Å²) >= 11 is 0. The minimum Gasteiger partial charge on any atom is -0.294 e. The minimum atomic E-state index is -0.0772. The van der Waals surface area contributed by atoms with Crippen LogP contribution in [0.25, 0.3) is 11.2 Å². The van der Waals surface area contributed by atoms with Crippen LogP contribution in [-0.2, 0) is 0 Å². The molecule has 0 N–H and O–H groups in total. The van der Waals surface area contributed by atoms with E-state index in [0.717, 1.165) is 12.8 Å². The summed E-state index contributed by atoms with van der Waals surface area (Å²) in [6.07, 6.45) is 7.90. The van der Waals surface area contributed by atoms with Crippen molar-refractivity contribution in [3.8, 4) is 0 Å². The fraction of sp³-hybridized carbons (Fsp3) is 0.625. The molecule has 0 atom stereocenters. The molecule has 0 aliphatic heterocycles. The van der Waals surface area contributed by atoms with E-state index >= 15 is 0 Å². The zero-order valence-electron chi connectivity index (χ0n) is 13.1. The van der Waals surface area contributed by atoms with Crippen molar-refractivity contribution in [2.45, 2.75) is 53.0 Å². The highest BCUT2D eigenvalue weighted by Crippen LogP contribution is 2.49. The van der Waals surface area contributed by atoms with E-state index in [9.17, 15) is 4.79 Å². The maximum atomic E-state index is 12.7. The molecule has 0 radical (unpaired) electrons. The lowest BCUT2D eigenvalue weighted by atomic mass is 9.63. The van der Waals surface area contributed by atoms with Crippen molar-refractivity contribution in [3.63, 3.8) is 0 Å². The Labute approximate surface area is 124 Å². The first-order chi connectivity index (χ1) is 9.77. The average Bonchev–Trinajstić information content (AvgIpc) is 2.35. The summed E-state index contributed by atoms with van der Waals surface area (Å²) < 4.78 is 1.76. The third kappa shape index (κ3) is 2.69. The molecule has 0 unspecified atom stereocenters. The van der Waals surface area contributed by atoms with Crippen molar-refractivity contribution in [1.29, 1.82) is 0 Å². The Morgan fingerprint density at radius 3 is 2.33 bits per heavy atom. The van der Waals surface area contributed by atoms with E-state index in [0.29, 0.717) is 11.2 Å². The second-order valence-corrected chi connectivity index (χ2v) is 7.75. The quantitative estimate of drug-likeness (QED) is 0.808. The van der Waals surface area contributed by atoms with Crippen molar-refractivity contribution >= 4 is 11.2 Å². The van der Waals surface area contributed by atoms with E-state index in [1.54, 1.807) is 23.3 Å². The highest BCUT2D eigenvalue weighted by atomic mass is 16.1. The van der Waals surface area contributed by atoms with Gasteiger partial charge in [0.15, 0.2) is 11.2 Å². The maximum absolute atomic E-state index is 12.7. The van der Waals surface area contributed by atoms with Crippen LogP contribution in [-0.4, -0.2) is 19.5 Å². The smallest absolute Gasteiger partial charge is 0.281 e. The third-order valence-electron chi connectivity index (χ3n) is 4.35. The van der Waals surface area contributed by atoms with Gasteiger partial charge in [0.1, 0.15) is 6.33 Å². The summed E-state index contributed by atoms with van der Waals surface area (Å²) in [6, 6.07) is 0.176. The van der Waals surface area contributed by atoms with Gasteiger partial charge in [-0.3, -0.25) is 9.36 Å². The molecule has 5 heteroatoms. The van der Waals surface area contributed by atoms with E-state index in [2.05, 4.69) is 42.6 Å². The van der Waals surface area contributed by atoms with Gasteiger partial charge in [-0.1, -0.05) is 27.7 Å². The molecule has 5 nitrogen and oxygen atoms in total. The summed E-state index contributed by atoms with van der Waals surface area (Å²) in [6.45, 7) is 9.11. The minimum absolute atomic E-state index is 0.0772.